The molecule has 326 valence electrons. The fourth-order valence-electron chi connectivity index (χ4n) is 8.94. The fourth-order valence-corrected chi connectivity index (χ4v) is 10.0. The van der Waals surface area contributed by atoms with E-state index in [0.29, 0.717) is 30.2 Å². The quantitative estimate of drug-likeness (QED) is 0.179. The molecule has 5 fully saturated rings. The molecule has 2 unspecified atom stereocenters. The zero-order valence-electron chi connectivity index (χ0n) is 33.9. The molecule has 2 aromatic heterocycles. The van der Waals surface area contributed by atoms with Crippen molar-refractivity contribution in [1.29, 1.82) is 5.26 Å². The number of carbonyl (C=O) groups is 2. The minimum Gasteiger partial charge on any atom is -0.463 e. The lowest BCUT2D eigenvalue weighted by molar-refractivity contribution is -0.137. The number of alkyl halides is 5. The van der Waals surface area contributed by atoms with Crippen molar-refractivity contribution >= 4 is 55.3 Å². The van der Waals surface area contributed by atoms with Crippen molar-refractivity contribution in [2.75, 3.05) is 36.5 Å². The summed E-state index contributed by atoms with van der Waals surface area (Å²) >= 11 is 0.560. The minimum atomic E-state index is -5.24. The molecule has 5 aliphatic rings. The van der Waals surface area contributed by atoms with Crippen LogP contribution >= 0.6 is 11.3 Å². The number of amides is 2. The van der Waals surface area contributed by atoms with E-state index in [1.807, 2.05) is 6.07 Å². The van der Waals surface area contributed by atoms with Crippen LogP contribution in [-0.2, 0) is 20.4 Å². The number of nitriles is 1. The van der Waals surface area contributed by atoms with Crippen LogP contribution < -0.4 is 15.0 Å². The smallest absolute Gasteiger partial charge is 0.417 e. The topological polar surface area (TPSA) is 139 Å². The van der Waals surface area contributed by atoms with Gasteiger partial charge in [-0.3, -0.25) is 10.2 Å². The molecule has 1 aliphatic carbocycles. The second kappa shape index (κ2) is 14.5. The molecular weight excluding hydrogens is 838 g/mol. The van der Waals surface area contributed by atoms with Gasteiger partial charge >= 0.3 is 24.4 Å². The summed E-state index contributed by atoms with van der Waals surface area (Å²) in [5.41, 5.74) is -8.31. The largest absolute Gasteiger partial charge is 0.463 e. The average molecular weight is 879 g/mol. The number of fused-ring (bicyclic) bond motifs is 5. The maximum Gasteiger partial charge on any atom is 0.417 e. The molecular formula is C41H41F7N6O6S. The van der Waals surface area contributed by atoms with Crippen LogP contribution in [0.3, 0.4) is 0 Å². The molecule has 4 bridgehead atoms. The zero-order valence-corrected chi connectivity index (χ0v) is 34.7. The summed E-state index contributed by atoms with van der Waals surface area (Å²) < 4.78 is 129. The third-order valence-electron chi connectivity index (χ3n) is 11.3. The van der Waals surface area contributed by atoms with Gasteiger partial charge in [0.15, 0.2) is 5.82 Å². The Hall–Kier alpha value is -5.16. The third kappa shape index (κ3) is 7.61. The van der Waals surface area contributed by atoms with Gasteiger partial charge in [0.25, 0.3) is 6.43 Å². The first-order chi connectivity index (χ1) is 28.4. The maximum atomic E-state index is 17.5. The predicted molar refractivity (Wildman–Crippen MR) is 209 cm³/mol. The summed E-state index contributed by atoms with van der Waals surface area (Å²) in [6.07, 6.45) is -8.50. The van der Waals surface area contributed by atoms with E-state index < -0.39 is 110 Å². The maximum absolute atomic E-state index is 17.5. The van der Waals surface area contributed by atoms with Gasteiger partial charge in [0.05, 0.1) is 41.1 Å². The predicted octanol–water partition coefficient (Wildman–Crippen LogP) is 9.81. The molecule has 4 saturated heterocycles. The Morgan fingerprint density at radius 2 is 1.69 bits per heavy atom. The molecule has 9 rings (SSSR count). The fraction of sp³-hybridized carbons (Fsp3) is 0.537. The van der Waals surface area contributed by atoms with Crippen LogP contribution in [0.25, 0.3) is 32.1 Å². The number of halogens is 7. The van der Waals surface area contributed by atoms with Crippen molar-refractivity contribution in [3.8, 4) is 23.2 Å². The number of piperazine rings is 1. The lowest BCUT2D eigenvalue weighted by Gasteiger charge is -2.43. The first-order valence-electron chi connectivity index (χ1n) is 19.5. The second-order valence-electron chi connectivity index (χ2n) is 18.2. The number of hydrogen-bond donors (Lipinski definition) is 1. The first-order valence-corrected chi connectivity index (χ1v) is 20.3. The van der Waals surface area contributed by atoms with Gasteiger partial charge in [-0.2, -0.15) is 28.4 Å². The van der Waals surface area contributed by atoms with Crippen molar-refractivity contribution in [2.24, 2.45) is 5.41 Å². The summed E-state index contributed by atoms with van der Waals surface area (Å²) in [4.78, 5) is 38.0. The van der Waals surface area contributed by atoms with Gasteiger partial charge < -0.3 is 23.8 Å². The SMILES string of the molecule is CC(C)(C)OC(=O)Nc1sc2c(F)ccc(-c3c(C(F)(F)F)cc4c(N5CC6CCC(C5)N6C(=O)OC(C)(C)C)nc(OCC56COC(C(F)F)(C5)C6)nc4c3F)c2c1C#N. The number of nitrogens with one attached hydrogen (secondary N) is 1. The number of anilines is 2. The average Bonchev–Trinajstić information content (AvgIpc) is 3.88. The number of nitrogens with zero attached hydrogens (tertiary/aromatic N) is 5. The van der Waals surface area contributed by atoms with Gasteiger partial charge in [-0.05, 0) is 84.9 Å². The van der Waals surface area contributed by atoms with Crippen LogP contribution in [-0.4, -0.2) is 88.7 Å². The monoisotopic (exact) mass is 878 g/mol. The highest BCUT2D eigenvalue weighted by Gasteiger charge is 2.67. The number of ether oxygens (including phenoxy) is 4. The van der Waals surface area contributed by atoms with Crippen LogP contribution in [0.1, 0.15) is 78.4 Å². The zero-order chi connectivity index (χ0) is 44.2. The molecule has 0 radical (unpaired) electrons. The van der Waals surface area contributed by atoms with Crippen LogP contribution in [0.4, 0.5) is 51.1 Å². The minimum absolute atomic E-state index is 0.0191. The van der Waals surface area contributed by atoms with Crippen molar-refractivity contribution in [3.63, 3.8) is 0 Å². The molecule has 12 nitrogen and oxygen atoms in total. The highest BCUT2D eigenvalue weighted by molar-refractivity contribution is 7.23. The Bertz CT molecular complexity index is 2490. The first kappa shape index (κ1) is 42.5. The van der Waals surface area contributed by atoms with Crippen LogP contribution in [0.15, 0.2) is 18.2 Å². The molecule has 4 aromatic rings. The van der Waals surface area contributed by atoms with Crippen molar-refractivity contribution < 1.29 is 59.3 Å². The van der Waals surface area contributed by atoms with Crippen molar-refractivity contribution in [3.05, 3.63) is 41.0 Å². The Balaban J connectivity index is 1.27. The Kier molecular flexibility index (Phi) is 10.1. The van der Waals surface area contributed by atoms with Gasteiger partial charge in [0.2, 0.25) is 0 Å². The normalized spacial score (nSPS) is 23.7. The summed E-state index contributed by atoms with van der Waals surface area (Å²) in [6.45, 7) is 9.80. The van der Waals surface area contributed by atoms with Gasteiger partial charge in [-0.25, -0.2) is 27.2 Å². The lowest BCUT2D eigenvalue weighted by Crippen LogP contribution is -2.57. The standard InChI is InChI=1S/C41H41F7N6O6S/c1-37(2,3)59-35(55)52-32-23(12-49)26-21(9-10-25(42)30(26)61-32)27-24(41(46,47)48)11-22-29(28(27)43)50-34(57-17-39-15-40(16-39,33(44)45)58-18-39)51-31(22)53-13-19-7-8-20(14-53)54(19)36(56)60-38(4,5)6/h9-11,19-20,33H,7-8,13-18H2,1-6H3,(H,52,55). The van der Waals surface area contributed by atoms with Gasteiger partial charge in [0, 0.05) is 34.8 Å². The van der Waals surface area contributed by atoms with Crippen molar-refractivity contribution in [2.45, 2.75) is 109 Å². The van der Waals surface area contributed by atoms with Gasteiger partial charge in [-0.15, -0.1) is 11.3 Å². The third-order valence-corrected chi connectivity index (χ3v) is 12.4. The number of thiophene rings is 1. The van der Waals surface area contributed by atoms with Crippen LogP contribution in [0, 0.1) is 28.4 Å². The second-order valence-corrected chi connectivity index (χ2v) is 19.2. The van der Waals surface area contributed by atoms with Crippen molar-refractivity contribution in [1.82, 2.24) is 14.9 Å². The van der Waals surface area contributed by atoms with Gasteiger partial charge in [0.1, 0.15) is 45.0 Å². The molecule has 2 aromatic carbocycles. The number of carbonyl (C=O) groups excluding carboxylic acids is 2. The van der Waals surface area contributed by atoms with E-state index in [4.69, 9.17) is 18.9 Å². The summed E-state index contributed by atoms with van der Waals surface area (Å²) in [7, 11) is 0. The van der Waals surface area contributed by atoms with E-state index in [2.05, 4.69) is 15.3 Å². The summed E-state index contributed by atoms with van der Waals surface area (Å²) in [5.74, 6) is -2.58. The Morgan fingerprint density at radius 1 is 1.03 bits per heavy atom. The molecule has 2 amide bonds. The van der Waals surface area contributed by atoms with E-state index in [1.54, 1.807) is 51.3 Å². The van der Waals surface area contributed by atoms with Crippen LogP contribution in [0.5, 0.6) is 6.01 Å². The van der Waals surface area contributed by atoms with E-state index in [0.717, 1.165) is 12.1 Å². The highest BCUT2D eigenvalue weighted by atomic mass is 32.1. The molecule has 1 saturated carbocycles. The van der Waals surface area contributed by atoms with E-state index in [-0.39, 0.29) is 60.1 Å². The van der Waals surface area contributed by atoms with Gasteiger partial charge in [-0.1, -0.05) is 6.07 Å². The molecule has 2 atom stereocenters. The van der Waals surface area contributed by atoms with Crippen LogP contribution in [0.2, 0.25) is 0 Å². The highest BCUT2D eigenvalue weighted by Crippen LogP contribution is 2.60. The van der Waals surface area contributed by atoms with E-state index >= 15 is 22.0 Å². The number of rotatable bonds is 7. The summed E-state index contributed by atoms with van der Waals surface area (Å²) in [6, 6.07) is 2.92. The number of hydrogen-bond acceptors (Lipinski definition) is 11. The Morgan fingerprint density at radius 3 is 2.26 bits per heavy atom. The molecule has 1 N–H and O–H groups in total. The Labute approximate surface area is 348 Å². The number of benzene rings is 2. The van der Waals surface area contributed by atoms with E-state index in [9.17, 15) is 23.6 Å². The molecule has 0 spiro atoms. The number of aromatic nitrogens is 2. The van der Waals surface area contributed by atoms with E-state index in [1.165, 1.54) is 0 Å². The molecule has 4 aliphatic heterocycles. The molecule has 61 heavy (non-hydrogen) atoms. The molecule has 20 heteroatoms. The summed E-state index contributed by atoms with van der Waals surface area (Å²) in [5, 5.41) is 11.7. The molecule has 6 heterocycles. The lowest BCUT2D eigenvalue weighted by atomic mass is 9.63.